The highest BCUT2D eigenvalue weighted by Crippen LogP contribution is 2.28. The van der Waals surface area contributed by atoms with Crippen molar-refractivity contribution in [2.24, 2.45) is 0 Å². The zero-order chi connectivity index (χ0) is 20.9. The van der Waals surface area contributed by atoms with Gasteiger partial charge in [-0.3, -0.25) is 4.98 Å². The summed E-state index contributed by atoms with van der Waals surface area (Å²) >= 11 is 5.82. The monoisotopic (exact) mass is 450 g/mol. The molecule has 0 amide bonds. The molecule has 2 aromatic carbocycles. The van der Waals surface area contributed by atoms with Gasteiger partial charge in [-0.1, -0.05) is 48.0 Å². The van der Waals surface area contributed by atoms with Gasteiger partial charge in [0.2, 0.25) is 10.0 Å². The number of nitrogens with one attached hydrogen (secondary N) is 1. The summed E-state index contributed by atoms with van der Waals surface area (Å²) in [5.74, 6) is -0.282. The maximum absolute atomic E-state index is 13.2. The fourth-order valence-corrected chi connectivity index (χ4v) is 5.85. The molecule has 0 bridgehead atoms. The SMILES string of the molecule is O=S(=O)(Cc1ccc(Cl)cc1)NC[C@H](c1cccnc1)S(=O)(=O)c1ccccc1. The first-order valence-electron chi connectivity index (χ1n) is 8.68. The first kappa shape index (κ1) is 21.4. The first-order chi connectivity index (χ1) is 13.8. The molecule has 3 rings (SSSR count). The average Bonchev–Trinajstić information content (AvgIpc) is 2.71. The predicted octanol–water partition coefficient (Wildman–Crippen LogP) is 3.37. The third-order valence-corrected chi connectivity index (χ3v) is 7.95. The molecule has 29 heavy (non-hydrogen) atoms. The molecule has 1 atom stereocenters. The van der Waals surface area contributed by atoms with E-state index in [0.717, 1.165) is 0 Å². The van der Waals surface area contributed by atoms with Gasteiger partial charge in [-0.15, -0.1) is 0 Å². The van der Waals surface area contributed by atoms with E-state index < -0.39 is 25.1 Å². The summed E-state index contributed by atoms with van der Waals surface area (Å²) in [6, 6.07) is 17.6. The molecule has 0 unspecified atom stereocenters. The zero-order valence-electron chi connectivity index (χ0n) is 15.3. The molecule has 152 valence electrons. The van der Waals surface area contributed by atoms with Crippen LogP contribution < -0.4 is 4.72 Å². The standard InChI is InChI=1S/C20H19ClN2O4S2/c21-18-10-8-16(9-11-18)15-28(24,25)23-14-20(17-5-4-12-22-13-17)29(26,27)19-6-2-1-3-7-19/h1-13,20,23H,14-15H2/t20-/m1/s1. The van der Waals surface area contributed by atoms with E-state index >= 15 is 0 Å². The minimum absolute atomic E-state index is 0.116. The minimum atomic E-state index is -3.84. The van der Waals surface area contributed by atoms with E-state index in [1.165, 1.54) is 24.5 Å². The van der Waals surface area contributed by atoms with Crippen molar-refractivity contribution in [3.63, 3.8) is 0 Å². The Balaban J connectivity index is 1.85. The van der Waals surface area contributed by atoms with Crippen LogP contribution >= 0.6 is 11.6 Å². The van der Waals surface area contributed by atoms with E-state index in [1.807, 2.05) is 0 Å². The molecule has 0 aliphatic carbocycles. The lowest BCUT2D eigenvalue weighted by atomic mass is 10.2. The third kappa shape index (κ3) is 5.63. The highest BCUT2D eigenvalue weighted by molar-refractivity contribution is 7.92. The van der Waals surface area contributed by atoms with Crippen molar-refractivity contribution < 1.29 is 16.8 Å². The summed E-state index contributed by atoms with van der Waals surface area (Å²) in [6.07, 6.45) is 2.96. The van der Waals surface area contributed by atoms with Crippen LogP contribution in [0.4, 0.5) is 0 Å². The maximum atomic E-state index is 13.2. The van der Waals surface area contributed by atoms with Crippen LogP contribution in [0.25, 0.3) is 0 Å². The number of halogens is 1. The molecule has 6 nitrogen and oxygen atoms in total. The van der Waals surface area contributed by atoms with E-state index in [4.69, 9.17) is 11.6 Å². The lowest BCUT2D eigenvalue weighted by Gasteiger charge is -2.19. The van der Waals surface area contributed by atoms with Crippen LogP contribution in [0.15, 0.2) is 84.0 Å². The Morgan fingerprint density at radius 1 is 0.897 bits per heavy atom. The largest absolute Gasteiger partial charge is 0.264 e. The second-order valence-electron chi connectivity index (χ2n) is 6.37. The molecule has 0 aliphatic heterocycles. The van der Waals surface area contributed by atoms with Gasteiger partial charge in [0.1, 0.15) is 5.25 Å². The lowest BCUT2D eigenvalue weighted by Crippen LogP contribution is -2.32. The summed E-state index contributed by atoms with van der Waals surface area (Å²) < 4.78 is 53.8. The first-order valence-corrected chi connectivity index (χ1v) is 12.3. The van der Waals surface area contributed by atoms with Crippen molar-refractivity contribution in [3.05, 3.63) is 95.3 Å². The van der Waals surface area contributed by atoms with E-state index in [2.05, 4.69) is 9.71 Å². The predicted molar refractivity (Wildman–Crippen MR) is 113 cm³/mol. The van der Waals surface area contributed by atoms with Gasteiger partial charge in [0.25, 0.3) is 0 Å². The van der Waals surface area contributed by atoms with Crippen LogP contribution in [0.3, 0.4) is 0 Å². The number of rotatable bonds is 8. The number of sulfone groups is 1. The molecule has 0 fully saturated rings. The van der Waals surface area contributed by atoms with Crippen molar-refractivity contribution >= 4 is 31.5 Å². The smallest absolute Gasteiger partial charge is 0.215 e. The Kier molecular flexibility index (Phi) is 6.69. The van der Waals surface area contributed by atoms with E-state index in [1.54, 1.807) is 54.6 Å². The van der Waals surface area contributed by atoms with Crippen LogP contribution in [0.5, 0.6) is 0 Å². The van der Waals surface area contributed by atoms with Gasteiger partial charge in [-0.25, -0.2) is 21.6 Å². The molecule has 0 spiro atoms. The second-order valence-corrected chi connectivity index (χ2v) is 10.7. The number of benzene rings is 2. The molecular weight excluding hydrogens is 432 g/mol. The van der Waals surface area contributed by atoms with Gasteiger partial charge in [0.05, 0.1) is 10.6 Å². The molecule has 1 aromatic heterocycles. The Morgan fingerprint density at radius 3 is 2.21 bits per heavy atom. The summed E-state index contributed by atoms with van der Waals surface area (Å²) in [5, 5.41) is -0.608. The van der Waals surface area contributed by atoms with Crippen LogP contribution in [0.2, 0.25) is 5.02 Å². The van der Waals surface area contributed by atoms with Gasteiger partial charge in [-0.05, 0) is 41.5 Å². The molecule has 0 saturated heterocycles. The molecule has 1 heterocycles. The summed E-state index contributed by atoms with van der Waals surface area (Å²) in [7, 11) is -7.61. The summed E-state index contributed by atoms with van der Waals surface area (Å²) in [6.45, 7) is -0.307. The Morgan fingerprint density at radius 2 is 1.59 bits per heavy atom. The topological polar surface area (TPSA) is 93.2 Å². The number of aromatic nitrogens is 1. The maximum Gasteiger partial charge on any atom is 0.215 e. The Hall–Kier alpha value is -2.26. The number of hydrogen-bond acceptors (Lipinski definition) is 5. The molecule has 3 aromatic rings. The van der Waals surface area contributed by atoms with Crippen molar-refractivity contribution in [3.8, 4) is 0 Å². The van der Waals surface area contributed by atoms with Crippen LogP contribution in [-0.2, 0) is 25.6 Å². The summed E-state index contributed by atoms with van der Waals surface area (Å²) in [4.78, 5) is 4.10. The van der Waals surface area contributed by atoms with Gasteiger partial charge in [-0.2, -0.15) is 0 Å². The number of pyridine rings is 1. The normalized spacial score (nSPS) is 13.1. The van der Waals surface area contributed by atoms with Gasteiger partial charge in [0.15, 0.2) is 9.84 Å². The second kappa shape index (κ2) is 9.04. The zero-order valence-corrected chi connectivity index (χ0v) is 17.7. The van der Waals surface area contributed by atoms with Gasteiger partial charge < -0.3 is 0 Å². The number of hydrogen-bond donors (Lipinski definition) is 1. The third-order valence-electron chi connectivity index (χ3n) is 4.26. The highest BCUT2D eigenvalue weighted by Gasteiger charge is 2.30. The highest BCUT2D eigenvalue weighted by atomic mass is 35.5. The lowest BCUT2D eigenvalue weighted by molar-refractivity contribution is 0.568. The number of sulfonamides is 1. The van der Waals surface area contributed by atoms with Crippen LogP contribution in [-0.4, -0.2) is 28.4 Å². The molecule has 1 N–H and O–H groups in total. The van der Waals surface area contributed by atoms with Crippen LogP contribution in [0, 0.1) is 0 Å². The van der Waals surface area contributed by atoms with E-state index in [9.17, 15) is 16.8 Å². The Labute approximate surface area is 175 Å². The minimum Gasteiger partial charge on any atom is -0.264 e. The van der Waals surface area contributed by atoms with Crippen molar-refractivity contribution in [2.75, 3.05) is 6.54 Å². The van der Waals surface area contributed by atoms with Crippen LogP contribution in [0.1, 0.15) is 16.4 Å². The average molecular weight is 451 g/mol. The van der Waals surface area contributed by atoms with E-state index in [0.29, 0.717) is 16.1 Å². The molecule has 9 heteroatoms. The number of nitrogens with zero attached hydrogens (tertiary/aromatic N) is 1. The van der Waals surface area contributed by atoms with E-state index in [-0.39, 0.29) is 17.2 Å². The van der Waals surface area contributed by atoms with Gasteiger partial charge in [0, 0.05) is 24.0 Å². The quantitative estimate of drug-likeness (QED) is 0.568. The fourth-order valence-electron chi connectivity index (χ4n) is 2.80. The molecular formula is C20H19ClN2O4S2. The molecule has 0 saturated carbocycles. The molecule has 0 radical (unpaired) electrons. The Bertz CT molecular complexity index is 1150. The van der Waals surface area contributed by atoms with Crippen molar-refractivity contribution in [1.29, 1.82) is 0 Å². The van der Waals surface area contributed by atoms with Crippen molar-refractivity contribution in [1.82, 2.24) is 9.71 Å². The summed E-state index contributed by atoms with van der Waals surface area (Å²) in [5.41, 5.74) is 0.955. The molecule has 0 aliphatic rings. The fraction of sp³-hybridized carbons (Fsp3) is 0.150. The van der Waals surface area contributed by atoms with Crippen molar-refractivity contribution in [2.45, 2.75) is 15.9 Å². The van der Waals surface area contributed by atoms with Gasteiger partial charge >= 0.3 is 0 Å².